The van der Waals surface area contributed by atoms with Crippen LogP contribution in [-0.4, -0.2) is 60.3 Å². The van der Waals surface area contributed by atoms with Crippen LogP contribution < -0.4 is 21.1 Å². The second-order valence-electron chi connectivity index (χ2n) is 8.31. The molecule has 0 radical (unpaired) electrons. The van der Waals surface area contributed by atoms with Gasteiger partial charge in [0, 0.05) is 48.2 Å². The van der Waals surface area contributed by atoms with Crippen LogP contribution >= 0.6 is 0 Å². The zero-order valence-corrected chi connectivity index (χ0v) is 19.3. The number of rotatable bonds is 8. The van der Waals surface area contributed by atoms with Crippen LogP contribution in [0, 0.1) is 0 Å². The zero-order chi connectivity index (χ0) is 24.2. The highest BCUT2D eigenvalue weighted by Gasteiger charge is 2.19. The van der Waals surface area contributed by atoms with E-state index in [1.165, 1.54) is 6.08 Å². The molecule has 9 nitrogen and oxygen atoms in total. The van der Waals surface area contributed by atoms with Gasteiger partial charge in [0.2, 0.25) is 5.91 Å². The highest BCUT2D eigenvalue weighted by atomic mass is 16.5. The molecule has 34 heavy (non-hydrogen) atoms. The zero-order valence-electron chi connectivity index (χ0n) is 19.3. The Hall–Kier alpha value is -4.11. The number of anilines is 2. The Morgan fingerprint density at radius 1 is 1.29 bits per heavy atom. The van der Waals surface area contributed by atoms with E-state index in [-0.39, 0.29) is 11.8 Å². The molecule has 176 valence electrons. The number of benzene rings is 2. The Morgan fingerprint density at radius 2 is 2.12 bits per heavy atom. The fourth-order valence-corrected chi connectivity index (χ4v) is 3.75. The van der Waals surface area contributed by atoms with Gasteiger partial charge < -0.3 is 26.0 Å². The molecule has 0 atom stereocenters. The number of nitrogen functional groups attached to an aromatic ring is 1. The topological polar surface area (TPSA) is 115 Å². The van der Waals surface area contributed by atoms with Crippen LogP contribution in [0.15, 0.2) is 55.3 Å². The van der Waals surface area contributed by atoms with Crippen LogP contribution in [-0.2, 0) is 11.2 Å². The van der Waals surface area contributed by atoms with Crippen molar-refractivity contribution in [3.63, 3.8) is 0 Å². The molecule has 0 spiro atoms. The third-order valence-corrected chi connectivity index (χ3v) is 5.50. The fourth-order valence-electron chi connectivity index (χ4n) is 3.75. The van der Waals surface area contributed by atoms with E-state index >= 15 is 0 Å². The van der Waals surface area contributed by atoms with Crippen molar-refractivity contribution >= 4 is 23.3 Å². The largest absolute Gasteiger partial charge is 0.492 e. The normalized spacial score (nSPS) is 12.7. The number of hydrogen-bond donors (Lipinski definition) is 3. The van der Waals surface area contributed by atoms with E-state index in [4.69, 9.17) is 10.5 Å². The van der Waals surface area contributed by atoms with Gasteiger partial charge in [-0.05, 0) is 49.9 Å². The van der Waals surface area contributed by atoms with Gasteiger partial charge >= 0.3 is 0 Å². The summed E-state index contributed by atoms with van der Waals surface area (Å²) in [5.74, 6) is 0.566. The van der Waals surface area contributed by atoms with E-state index in [1.54, 1.807) is 16.8 Å². The molecule has 2 amide bonds. The summed E-state index contributed by atoms with van der Waals surface area (Å²) >= 11 is 0. The molecule has 4 rings (SSSR count). The predicted molar refractivity (Wildman–Crippen MR) is 132 cm³/mol. The van der Waals surface area contributed by atoms with Crippen molar-refractivity contribution in [1.82, 2.24) is 20.0 Å². The molecule has 2 heterocycles. The quantitative estimate of drug-likeness (QED) is 0.445. The number of fused-ring (bicyclic) bond motifs is 1. The first-order valence-corrected chi connectivity index (χ1v) is 11.0. The van der Waals surface area contributed by atoms with E-state index in [0.717, 1.165) is 29.7 Å². The van der Waals surface area contributed by atoms with Crippen molar-refractivity contribution in [3.05, 3.63) is 66.4 Å². The number of carbonyl (C=O) groups excluding carboxylic acids is 2. The van der Waals surface area contributed by atoms with Gasteiger partial charge in [0.1, 0.15) is 12.4 Å². The maximum Gasteiger partial charge on any atom is 0.251 e. The molecule has 0 bridgehead atoms. The van der Waals surface area contributed by atoms with Gasteiger partial charge in [-0.15, -0.1) is 0 Å². The molecule has 1 aliphatic heterocycles. The first-order valence-electron chi connectivity index (χ1n) is 11.0. The van der Waals surface area contributed by atoms with Crippen LogP contribution in [0.25, 0.3) is 16.8 Å². The van der Waals surface area contributed by atoms with E-state index in [2.05, 4.69) is 22.3 Å². The summed E-state index contributed by atoms with van der Waals surface area (Å²) in [6.45, 7) is 5.35. The lowest BCUT2D eigenvalue weighted by Gasteiger charge is -2.17. The highest BCUT2D eigenvalue weighted by Crippen LogP contribution is 2.31. The molecule has 2 aromatic carbocycles. The Bertz CT molecular complexity index is 1250. The Morgan fingerprint density at radius 3 is 2.88 bits per heavy atom. The molecular formula is C25H28N6O3. The standard InChI is InChI=1S/C25H28N6O3/c1-4-23(32)28-18-12-19(14-20(13-18)34-10-9-30(2)3)31-15-22(24(26)29-31)16-5-6-21-17(11-16)7-8-27-25(21)33/h4-6,11-15H,1,7-10H2,2-3H3,(H2,26,29)(H,27,33)(H,28,32). The molecule has 0 fully saturated rings. The molecule has 0 aliphatic carbocycles. The first-order chi connectivity index (χ1) is 16.3. The van der Waals surface area contributed by atoms with Gasteiger partial charge in [-0.3, -0.25) is 9.59 Å². The number of nitrogens with zero attached hydrogens (tertiary/aromatic N) is 3. The van der Waals surface area contributed by atoms with Gasteiger partial charge in [0.15, 0.2) is 5.82 Å². The van der Waals surface area contributed by atoms with Gasteiger partial charge in [-0.2, -0.15) is 5.10 Å². The summed E-state index contributed by atoms with van der Waals surface area (Å²) in [6, 6.07) is 11.1. The number of nitrogens with one attached hydrogen (secondary N) is 2. The first kappa shape index (κ1) is 23.1. The molecular weight excluding hydrogens is 432 g/mol. The lowest BCUT2D eigenvalue weighted by Crippen LogP contribution is -2.31. The van der Waals surface area contributed by atoms with Crippen LogP contribution in [0.5, 0.6) is 5.75 Å². The lowest BCUT2D eigenvalue weighted by molar-refractivity contribution is -0.111. The monoisotopic (exact) mass is 460 g/mol. The third kappa shape index (κ3) is 5.10. The van der Waals surface area contributed by atoms with Crippen molar-refractivity contribution in [2.45, 2.75) is 6.42 Å². The van der Waals surface area contributed by atoms with Gasteiger partial charge in [-0.1, -0.05) is 18.7 Å². The van der Waals surface area contributed by atoms with Crippen LogP contribution in [0.2, 0.25) is 0 Å². The maximum atomic E-state index is 12.1. The molecule has 1 aromatic heterocycles. The number of amides is 2. The van der Waals surface area contributed by atoms with Crippen LogP contribution in [0.4, 0.5) is 11.5 Å². The van der Waals surface area contributed by atoms with Crippen LogP contribution in [0.1, 0.15) is 15.9 Å². The second kappa shape index (κ2) is 9.80. The minimum absolute atomic E-state index is 0.0587. The summed E-state index contributed by atoms with van der Waals surface area (Å²) < 4.78 is 7.55. The van der Waals surface area contributed by atoms with Gasteiger partial charge in [-0.25, -0.2) is 4.68 Å². The van der Waals surface area contributed by atoms with Crippen molar-refractivity contribution in [2.24, 2.45) is 0 Å². The van der Waals surface area contributed by atoms with Crippen molar-refractivity contribution < 1.29 is 14.3 Å². The number of likely N-dealkylation sites (N-methyl/N-ethyl adjacent to an activating group) is 1. The average Bonchev–Trinajstić information content (AvgIpc) is 3.20. The average molecular weight is 461 g/mol. The lowest BCUT2D eigenvalue weighted by atomic mass is 9.96. The smallest absolute Gasteiger partial charge is 0.251 e. The number of nitrogens with two attached hydrogens (primary N) is 1. The fraction of sp³-hybridized carbons (Fsp3) is 0.240. The van der Waals surface area contributed by atoms with Crippen molar-refractivity contribution in [1.29, 1.82) is 0 Å². The molecule has 9 heteroatoms. The van der Waals surface area contributed by atoms with Crippen molar-refractivity contribution in [2.75, 3.05) is 44.8 Å². The summed E-state index contributed by atoms with van der Waals surface area (Å²) in [5.41, 5.74) is 10.8. The number of aromatic nitrogens is 2. The number of ether oxygens (including phenoxy) is 1. The summed E-state index contributed by atoms with van der Waals surface area (Å²) in [5, 5.41) is 10.1. The second-order valence-corrected chi connectivity index (χ2v) is 8.31. The van der Waals surface area contributed by atoms with Gasteiger partial charge in [0.25, 0.3) is 5.91 Å². The Labute approximate surface area is 198 Å². The highest BCUT2D eigenvalue weighted by molar-refractivity contribution is 5.99. The maximum absolute atomic E-state index is 12.1. The number of carbonyl (C=O) groups is 2. The Kier molecular flexibility index (Phi) is 6.65. The molecule has 4 N–H and O–H groups in total. The molecule has 0 saturated carbocycles. The van der Waals surface area contributed by atoms with E-state index in [9.17, 15) is 9.59 Å². The molecule has 3 aromatic rings. The molecule has 0 saturated heterocycles. The van der Waals surface area contributed by atoms with E-state index < -0.39 is 0 Å². The van der Waals surface area contributed by atoms with Gasteiger partial charge in [0.05, 0.1) is 5.69 Å². The van der Waals surface area contributed by atoms with E-state index in [1.807, 2.05) is 49.5 Å². The molecule has 0 unspecified atom stereocenters. The SMILES string of the molecule is C=CC(=O)Nc1cc(OCCN(C)C)cc(-n2cc(-c3ccc4c(c3)CCNC4=O)c(N)n2)c1. The Balaban J connectivity index is 1.68. The minimum atomic E-state index is -0.324. The molecule has 1 aliphatic rings. The number of hydrogen-bond acceptors (Lipinski definition) is 6. The third-order valence-electron chi connectivity index (χ3n) is 5.50. The summed E-state index contributed by atoms with van der Waals surface area (Å²) in [6.07, 6.45) is 3.80. The minimum Gasteiger partial charge on any atom is -0.492 e. The summed E-state index contributed by atoms with van der Waals surface area (Å²) in [4.78, 5) is 26.0. The van der Waals surface area contributed by atoms with Crippen molar-refractivity contribution in [3.8, 4) is 22.6 Å². The summed E-state index contributed by atoms with van der Waals surface area (Å²) in [7, 11) is 3.94. The van der Waals surface area contributed by atoms with E-state index in [0.29, 0.717) is 41.7 Å². The predicted octanol–water partition coefficient (Wildman–Crippen LogP) is 2.47. The van der Waals surface area contributed by atoms with Crippen LogP contribution in [0.3, 0.4) is 0 Å².